The van der Waals surface area contributed by atoms with Crippen LogP contribution in [-0.4, -0.2) is 44.4 Å². The molecule has 0 radical (unpaired) electrons. The topological polar surface area (TPSA) is 67.2 Å². The number of nitrogens with one attached hydrogen (secondary N) is 1. The van der Waals surface area contributed by atoms with Gasteiger partial charge in [0.2, 0.25) is 11.8 Å². The Morgan fingerprint density at radius 1 is 1.46 bits per heavy atom. The van der Waals surface area contributed by atoms with Crippen LogP contribution in [0.2, 0.25) is 0 Å². The highest BCUT2D eigenvalue weighted by atomic mass is 32.2. The quantitative estimate of drug-likeness (QED) is 0.884. The van der Waals surface area contributed by atoms with Gasteiger partial charge in [0.1, 0.15) is 24.2 Å². The summed E-state index contributed by atoms with van der Waals surface area (Å²) in [7, 11) is 1.78. The van der Waals surface area contributed by atoms with Gasteiger partial charge in [-0.25, -0.2) is 9.37 Å². The molecule has 2 aromatic rings. The lowest BCUT2D eigenvalue weighted by atomic mass is 10.1. The minimum Gasteiger partial charge on any atom is -0.340 e. The molecule has 1 aromatic carbocycles. The first-order valence-electron chi connectivity index (χ1n) is 7.43. The summed E-state index contributed by atoms with van der Waals surface area (Å²) in [5, 5.41) is 2.80. The van der Waals surface area contributed by atoms with E-state index < -0.39 is 11.9 Å². The summed E-state index contributed by atoms with van der Waals surface area (Å²) in [6.45, 7) is -0.0405. The van der Waals surface area contributed by atoms with E-state index in [4.69, 9.17) is 0 Å². The zero-order valence-corrected chi connectivity index (χ0v) is 13.9. The van der Waals surface area contributed by atoms with Crippen molar-refractivity contribution in [2.75, 3.05) is 18.2 Å². The smallest absolute Gasteiger partial charge is 0.240 e. The normalized spacial score (nSPS) is 15.6. The second kappa shape index (κ2) is 7.04. The highest BCUT2D eigenvalue weighted by molar-refractivity contribution is 8.00. The molecule has 8 heteroatoms. The van der Waals surface area contributed by atoms with Crippen LogP contribution in [0.3, 0.4) is 0 Å². The molecule has 0 saturated carbocycles. The minimum atomic E-state index is -0.718. The Bertz CT molecular complexity index is 764. The molecular formula is C16H17FN4O2S. The molecule has 1 aromatic heterocycles. The first kappa shape index (κ1) is 16.5. The lowest BCUT2D eigenvalue weighted by molar-refractivity contribution is -0.132. The fourth-order valence-electron chi connectivity index (χ4n) is 2.57. The van der Waals surface area contributed by atoms with Gasteiger partial charge in [-0.1, -0.05) is 18.2 Å². The van der Waals surface area contributed by atoms with Gasteiger partial charge in [0.15, 0.2) is 0 Å². The fourth-order valence-corrected chi connectivity index (χ4v) is 3.47. The predicted molar refractivity (Wildman–Crippen MR) is 88.6 cm³/mol. The molecular weight excluding hydrogens is 331 g/mol. The average molecular weight is 348 g/mol. The molecule has 1 fully saturated rings. The maximum absolute atomic E-state index is 14.2. The summed E-state index contributed by atoms with van der Waals surface area (Å²) < 4.78 is 16.0. The first-order chi connectivity index (χ1) is 11.6. The molecule has 1 aliphatic heterocycles. The molecule has 2 heterocycles. The van der Waals surface area contributed by atoms with Crippen LogP contribution in [0, 0.1) is 5.82 Å². The van der Waals surface area contributed by atoms with Crippen LogP contribution in [0.4, 0.5) is 4.39 Å². The molecule has 1 saturated heterocycles. The summed E-state index contributed by atoms with van der Waals surface area (Å²) in [6, 6.07) is 5.55. The molecule has 1 aliphatic rings. The third kappa shape index (κ3) is 3.43. The summed E-state index contributed by atoms with van der Waals surface area (Å²) in [6.07, 6.45) is 3.33. The number of halogens is 1. The molecule has 126 valence electrons. The predicted octanol–water partition coefficient (Wildman–Crippen LogP) is 1.30. The van der Waals surface area contributed by atoms with Crippen molar-refractivity contribution < 1.29 is 14.0 Å². The van der Waals surface area contributed by atoms with Crippen LogP contribution < -0.4 is 5.32 Å². The van der Waals surface area contributed by atoms with E-state index in [0.29, 0.717) is 23.0 Å². The third-order valence-corrected chi connectivity index (χ3v) is 4.74. The maximum atomic E-state index is 14.2. The standard InChI is InChI=1S/C16H17FN4O2S/c1-20-7-6-18-16(20)15(11-4-2-3-5-12(11)17)19-13(22)8-21-10-24-9-14(21)23/h2-7,15H,8-10H2,1H3,(H,19,22). The van der Waals surface area contributed by atoms with Crippen LogP contribution in [0.25, 0.3) is 0 Å². The van der Waals surface area contributed by atoms with E-state index in [1.165, 1.54) is 22.7 Å². The molecule has 3 rings (SSSR count). The van der Waals surface area contributed by atoms with E-state index >= 15 is 0 Å². The lowest BCUT2D eigenvalue weighted by Gasteiger charge is -2.21. The molecule has 1 N–H and O–H groups in total. The molecule has 24 heavy (non-hydrogen) atoms. The van der Waals surface area contributed by atoms with Gasteiger partial charge in [0, 0.05) is 25.0 Å². The van der Waals surface area contributed by atoms with Crippen molar-refractivity contribution in [1.29, 1.82) is 0 Å². The van der Waals surface area contributed by atoms with E-state index in [2.05, 4.69) is 10.3 Å². The van der Waals surface area contributed by atoms with Crippen molar-refractivity contribution in [3.63, 3.8) is 0 Å². The Kier molecular flexibility index (Phi) is 4.84. The van der Waals surface area contributed by atoms with Crippen LogP contribution in [0.5, 0.6) is 0 Å². The summed E-state index contributed by atoms with van der Waals surface area (Å²) in [5.41, 5.74) is 0.335. The van der Waals surface area contributed by atoms with Crippen molar-refractivity contribution in [2.24, 2.45) is 7.05 Å². The van der Waals surface area contributed by atoms with Gasteiger partial charge in [0.05, 0.1) is 11.6 Å². The zero-order chi connectivity index (χ0) is 17.1. The van der Waals surface area contributed by atoms with Crippen LogP contribution in [-0.2, 0) is 16.6 Å². The van der Waals surface area contributed by atoms with Gasteiger partial charge in [-0.05, 0) is 6.07 Å². The number of thioether (sulfide) groups is 1. The SMILES string of the molecule is Cn1ccnc1C(NC(=O)CN1CSCC1=O)c1ccccc1F. The Labute approximate surface area is 143 Å². The van der Waals surface area contributed by atoms with Crippen molar-refractivity contribution in [2.45, 2.75) is 6.04 Å². The van der Waals surface area contributed by atoms with Crippen LogP contribution in [0.15, 0.2) is 36.7 Å². The number of hydrogen-bond acceptors (Lipinski definition) is 4. The summed E-state index contributed by atoms with van der Waals surface area (Å²) in [4.78, 5) is 29.7. The van der Waals surface area contributed by atoms with Crippen molar-refractivity contribution in [1.82, 2.24) is 19.8 Å². The van der Waals surface area contributed by atoms with Crippen molar-refractivity contribution in [3.8, 4) is 0 Å². The Hall–Kier alpha value is -2.35. The molecule has 1 unspecified atom stereocenters. The van der Waals surface area contributed by atoms with Gasteiger partial charge in [-0.15, -0.1) is 11.8 Å². The van der Waals surface area contributed by atoms with E-state index in [1.54, 1.807) is 42.2 Å². The van der Waals surface area contributed by atoms with Crippen LogP contribution >= 0.6 is 11.8 Å². The zero-order valence-electron chi connectivity index (χ0n) is 13.1. The fraction of sp³-hybridized carbons (Fsp3) is 0.312. The molecule has 2 amide bonds. The number of hydrogen-bond donors (Lipinski definition) is 1. The van der Waals surface area contributed by atoms with Crippen LogP contribution in [0.1, 0.15) is 17.4 Å². The van der Waals surface area contributed by atoms with Gasteiger partial charge >= 0.3 is 0 Å². The molecule has 0 bridgehead atoms. The Morgan fingerprint density at radius 3 is 2.88 bits per heavy atom. The molecule has 0 aliphatic carbocycles. The van der Waals surface area contributed by atoms with Crippen molar-refractivity contribution >= 4 is 23.6 Å². The van der Waals surface area contributed by atoms with E-state index in [-0.39, 0.29) is 18.4 Å². The van der Waals surface area contributed by atoms with Gasteiger partial charge in [-0.3, -0.25) is 9.59 Å². The van der Waals surface area contributed by atoms with Crippen molar-refractivity contribution in [3.05, 3.63) is 53.9 Å². The number of aromatic nitrogens is 2. The van der Waals surface area contributed by atoms with Gasteiger partial charge in [-0.2, -0.15) is 0 Å². The van der Waals surface area contributed by atoms with E-state index in [9.17, 15) is 14.0 Å². The Morgan fingerprint density at radius 2 is 2.25 bits per heavy atom. The second-order valence-corrected chi connectivity index (χ2v) is 6.44. The number of aryl methyl sites for hydroxylation is 1. The lowest BCUT2D eigenvalue weighted by Crippen LogP contribution is -2.40. The average Bonchev–Trinajstić information content (AvgIpc) is 3.15. The highest BCUT2D eigenvalue weighted by Gasteiger charge is 2.27. The van der Waals surface area contributed by atoms with Gasteiger partial charge in [0.25, 0.3) is 0 Å². The molecule has 6 nitrogen and oxygen atoms in total. The number of benzene rings is 1. The first-order valence-corrected chi connectivity index (χ1v) is 8.58. The Balaban J connectivity index is 1.83. The number of carbonyl (C=O) groups excluding carboxylic acids is 2. The monoisotopic (exact) mass is 348 g/mol. The van der Waals surface area contributed by atoms with Gasteiger partial charge < -0.3 is 14.8 Å². The summed E-state index contributed by atoms with van der Waals surface area (Å²) in [5.74, 6) is 0.591. The van der Waals surface area contributed by atoms with E-state index in [0.717, 1.165) is 0 Å². The highest BCUT2D eigenvalue weighted by Crippen LogP contribution is 2.23. The number of imidazole rings is 1. The second-order valence-electron chi connectivity index (χ2n) is 5.49. The molecule has 0 spiro atoms. The minimum absolute atomic E-state index is 0.0405. The van der Waals surface area contributed by atoms with E-state index in [1.807, 2.05) is 0 Å². The molecule has 1 atom stereocenters. The third-order valence-electron chi connectivity index (χ3n) is 3.80. The largest absolute Gasteiger partial charge is 0.340 e. The number of rotatable bonds is 5. The summed E-state index contributed by atoms with van der Waals surface area (Å²) >= 11 is 1.47. The number of carbonyl (C=O) groups is 2. The number of amides is 2. The maximum Gasteiger partial charge on any atom is 0.240 e. The number of nitrogens with zero attached hydrogens (tertiary/aromatic N) is 3.